The zero-order valence-corrected chi connectivity index (χ0v) is 12.4. The first-order chi connectivity index (χ1) is 12.5. The van der Waals surface area contributed by atoms with Crippen LogP contribution in [0.2, 0.25) is 0 Å². The molecule has 21 heteroatoms. The number of hydrogen-bond acceptors (Lipinski definition) is 8. The molecular formula is C8BF12O8-. The third-order valence-corrected chi connectivity index (χ3v) is 1.93. The second-order valence-corrected chi connectivity index (χ2v) is 4.19. The van der Waals surface area contributed by atoms with E-state index in [1.54, 1.807) is 0 Å². The monoisotopic (exact) mass is 463 g/mol. The summed E-state index contributed by atoms with van der Waals surface area (Å²) in [6.07, 6.45) is -25.6. The second kappa shape index (κ2) is 7.85. The third-order valence-electron chi connectivity index (χ3n) is 1.93. The zero-order valence-electron chi connectivity index (χ0n) is 12.4. The van der Waals surface area contributed by atoms with E-state index in [-0.39, 0.29) is 0 Å². The normalized spacial score (nSPS) is 13.4. The number of rotatable bonds is 4. The van der Waals surface area contributed by atoms with Crippen molar-refractivity contribution >= 4 is 30.8 Å². The van der Waals surface area contributed by atoms with E-state index in [9.17, 15) is 71.9 Å². The molecule has 8 nitrogen and oxygen atoms in total. The van der Waals surface area contributed by atoms with Crippen LogP contribution in [0.4, 0.5) is 52.7 Å². The lowest BCUT2D eigenvalue weighted by Crippen LogP contribution is -2.59. The van der Waals surface area contributed by atoms with Crippen molar-refractivity contribution in [2.24, 2.45) is 0 Å². The lowest BCUT2D eigenvalue weighted by atomic mass is 10.0. The molecule has 0 aliphatic heterocycles. The molecule has 0 spiro atoms. The van der Waals surface area contributed by atoms with Gasteiger partial charge in [0.15, 0.2) is 0 Å². The Morgan fingerprint density at radius 2 is 0.552 bits per heavy atom. The number of hydrogen-bond donors (Lipinski definition) is 0. The zero-order chi connectivity index (χ0) is 23.6. The summed E-state index contributed by atoms with van der Waals surface area (Å²) in [7, 11) is 0. The Labute approximate surface area is 147 Å². The Bertz CT molecular complexity index is 556. The molecule has 0 radical (unpaired) electrons. The van der Waals surface area contributed by atoms with Crippen LogP contribution in [0.1, 0.15) is 0 Å². The number of halogens is 12. The Kier molecular flexibility index (Phi) is 7.07. The van der Waals surface area contributed by atoms with E-state index in [0.717, 1.165) is 0 Å². The molecule has 0 saturated heterocycles. The van der Waals surface area contributed by atoms with E-state index < -0.39 is 55.5 Å². The van der Waals surface area contributed by atoms with E-state index >= 15 is 0 Å². The Morgan fingerprint density at radius 3 is 0.655 bits per heavy atom. The maximum Gasteiger partial charge on any atom is 0.785 e. The molecule has 168 valence electrons. The van der Waals surface area contributed by atoms with Gasteiger partial charge in [-0.05, 0) is 0 Å². The van der Waals surface area contributed by atoms with Crippen LogP contribution in [0.5, 0.6) is 0 Å². The SMILES string of the molecule is O=C(O[B-](OC(=O)C(F)(F)F)(OC(=O)C(F)(F)F)OC(=O)C(F)(F)F)C(F)(F)F. The van der Waals surface area contributed by atoms with Gasteiger partial charge in [-0.15, -0.1) is 0 Å². The largest absolute Gasteiger partial charge is 0.785 e. The van der Waals surface area contributed by atoms with Gasteiger partial charge >= 0.3 is 55.5 Å². The number of alkyl halides is 12. The van der Waals surface area contributed by atoms with Crippen LogP contribution >= 0.6 is 0 Å². The van der Waals surface area contributed by atoms with Gasteiger partial charge in [-0.3, -0.25) is 0 Å². The molecular weight excluding hydrogens is 463 g/mol. The topological polar surface area (TPSA) is 105 Å². The molecule has 29 heavy (non-hydrogen) atoms. The lowest BCUT2D eigenvalue weighted by molar-refractivity contribution is -0.222. The third kappa shape index (κ3) is 7.93. The first kappa shape index (κ1) is 26.1. The van der Waals surface area contributed by atoms with E-state index in [0.29, 0.717) is 0 Å². The maximum atomic E-state index is 12.1. The minimum absolute atomic E-state index is 2.67. The minimum atomic E-state index is -6.72. The van der Waals surface area contributed by atoms with Crippen molar-refractivity contribution < 1.29 is 90.5 Å². The van der Waals surface area contributed by atoms with E-state index in [1.165, 1.54) is 0 Å². The van der Waals surface area contributed by atoms with Gasteiger partial charge in [-0.2, -0.15) is 52.7 Å². The first-order valence-corrected chi connectivity index (χ1v) is 5.84. The van der Waals surface area contributed by atoms with Gasteiger partial charge in [-0.25, -0.2) is 19.2 Å². The maximum absolute atomic E-state index is 12.1. The van der Waals surface area contributed by atoms with Gasteiger partial charge in [0.2, 0.25) is 0 Å². The molecule has 0 aromatic rings. The quantitative estimate of drug-likeness (QED) is 0.460. The summed E-state index contributed by atoms with van der Waals surface area (Å²) in [5.74, 6) is -15.9. The molecule has 0 N–H and O–H groups in total. The highest BCUT2D eigenvalue weighted by Crippen LogP contribution is 2.30. The van der Waals surface area contributed by atoms with Gasteiger partial charge in [-0.1, -0.05) is 0 Å². The number of carbonyl (C=O) groups excluding carboxylic acids is 4. The average molecular weight is 463 g/mol. The Morgan fingerprint density at radius 1 is 0.414 bits per heavy atom. The van der Waals surface area contributed by atoms with Crippen molar-refractivity contribution in [3.05, 3.63) is 0 Å². The predicted molar refractivity (Wildman–Crippen MR) is 54.3 cm³/mol. The minimum Gasteiger partial charge on any atom is -0.578 e. The van der Waals surface area contributed by atoms with Crippen molar-refractivity contribution in [3.8, 4) is 0 Å². The highest BCUT2D eigenvalue weighted by atomic mass is 19.4. The molecule has 0 unspecified atom stereocenters. The van der Waals surface area contributed by atoms with Crippen LogP contribution in [0.15, 0.2) is 0 Å². The van der Waals surface area contributed by atoms with Crippen molar-refractivity contribution in [1.82, 2.24) is 0 Å². The fraction of sp³-hybridized carbons (Fsp3) is 0.500. The van der Waals surface area contributed by atoms with Crippen LogP contribution in [0.25, 0.3) is 0 Å². The van der Waals surface area contributed by atoms with E-state index in [2.05, 4.69) is 18.6 Å². The summed E-state index contributed by atoms with van der Waals surface area (Å²) < 4.78 is 156. The van der Waals surface area contributed by atoms with Crippen molar-refractivity contribution in [2.75, 3.05) is 0 Å². The molecule has 0 aromatic carbocycles. The highest BCUT2D eigenvalue weighted by molar-refractivity contribution is 6.61. The summed E-state index contributed by atoms with van der Waals surface area (Å²) >= 11 is 0. The Balaban J connectivity index is 6.42. The fourth-order valence-electron chi connectivity index (χ4n) is 0.936. The second-order valence-electron chi connectivity index (χ2n) is 4.19. The van der Waals surface area contributed by atoms with Crippen LogP contribution in [0, 0.1) is 0 Å². The summed E-state index contributed by atoms with van der Waals surface area (Å²) in [5, 5.41) is 0. The fourth-order valence-corrected chi connectivity index (χ4v) is 0.936. The van der Waals surface area contributed by atoms with Crippen LogP contribution < -0.4 is 0 Å². The van der Waals surface area contributed by atoms with Crippen LogP contribution in [-0.4, -0.2) is 55.5 Å². The van der Waals surface area contributed by atoms with Gasteiger partial charge in [0.25, 0.3) is 0 Å². The summed E-state index contributed by atoms with van der Waals surface area (Å²) in [5.41, 5.74) is 0. The molecule has 0 atom stereocenters. The van der Waals surface area contributed by atoms with Crippen LogP contribution in [0.3, 0.4) is 0 Å². The summed E-state index contributed by atoms with van der Waals surface area (Å²) in [4.78, 5) is 42.5. The van der Waals surface area contributed by atoms with E-state index in [4.69, 9.17) is 0 Å². The van der Waals surface area contributed by atoms with Gasteiger partial charge in [0, 0.05) is 0 Å². The smallest absolute Gasteiger partial charge is 0.578 e. The molecule has 0 aliphatic rings. The molecule has 0 amide bonds. The van der Waals surface area contributed by atoms with Gasteiger partial charge in [0.1, 0.15) is 0 Å². The first-order valence-electron chi connectivity index (χ1n) is 5.84. The Hall–Kier alpha value is -2.90. The van der Waals surface area contributed by atoms with Crippen LogP contribution in [-0.2, 0) is 37.8 Å². The number of carbonyl (C=O) groups is 4. The molecule has 0 heterocycles. The molecule has 0 fully saturated rings. The molecule has 0 aliphatic carbocycles. The van der Waals surface area contributed by atoms with Gasteiger partial charge < -0.3 is 18.6 Å². The lowest BCUT2D eigenvalue weighted by Gasteiger charge is -2.38. The van der Waals surface area contributed by atoms with Gasteiger partial charge in [0.05, 0.1) is 0 Å². The van der Waals surface area contributed by atoms with Crippen molar-refractivity contribution in [3.63, 3.8) is 0 Å². The predicted octanol–water partition coefficient (Wildman–Crippen LogP) is 1.84. The molecule has 0 bridgehead atoms. The molecule has 0 aromatic heterocycles. The standard InChI is InChI=1S/C8BF12O8/c10-5(11,12)1(22)26-9(27-2(23)6(13,14)15,28-3(24)7(16,17)18)29-4(25)8(19,20)21/q-1. The highest BCUT2D eigenvalue weighted by Gasteiger charge is 2.61. The average Bonchev–Trinajstić information content (AvgIpc) is 2.42. The summed E-state index contributed by atoms with van der Waals surface area (Å²) in [6.45, 7) is -6.72. The molecule has 0 saturated carbocycles. The molecule has 0 rings (SSSR count). The summed E-state index contributed by atoms with van der Waals surface area (Å²) in [6, 6.07) is 0. The van der Waals surface area contributed by atoms with Crippen molar-refractivity contribution in [2.45, 2.75) is 24.7 Å². The van der Waals surface area contributed by atoms with E-state index in [1.807, 2.05) is 0 Å². The van der Waals surface area contributed by atoms with Crippen molar-refractivity contribution in [1.29, 1.82) is 0 Å².